The highest BCUT2D eigenvalue weighted by molar-refractivity contribution is 3.92. The summed E-state index contributed by atoms with van der Waals surface area (Å²) in [6.45, 7) is 12.8. The molecule has 0 aliphatic heterocycles. The summed E-state index contributed by atoms with van der Waals surface area (Å²) >= 11 is 0. The Balaban J connectivity index is -0.0000000301. The van der Waals surface area contributed by atoms with Crippen LogP contribution in [-0.4, -0.2) is 7.05 Å². The fourth-order valence-corrected chi connectivity index (χ4v) is 0. The maximum atomic E-state index is 4.50. The van der Waals surface area contributed by atoms with Gasteiger partial charge in [0.2, 0.25) is 0 Å². The molecular weight excluding hydrogens is 134 g/mol. The Morgan fingerprint density at radius 2 is 0.545 bits per heavy atom. The minimum absolute atomic E-state index is 1.25. The van der Waals surface area contributed by atoms with Crippen LogP contribution in [0.2, 0.25) is 0 Å². The summed E-state index contributed by atoms with van der Waals surface area (Å²) in [5.74, 6) is 0. The Bertz CT molecular complexity index is 9.59. The third-order valence-electron chi connectivity index (χ3n) is 0. The van der Waals surface area contributed by atoms with E-state index in [0.29, 0.717) is 0 Å². The Morgan fingerprint density at radius 1 is 0.545 bits per heavy atom. The lowest BCUT2D eigenvalue weighted by Crippen LogP contribution is -1.69. The van der Waals surface area contributed by atoms with E-state index in [1.54, 1.807) is 0 Å². The van der Waals surface area contributed by atoms with E-state index in [4.69, 9.17) is 0 Å². The van der Waals surface area contributed by atoms with Gasteiger partial charge in [-0.1, -0.05) is 60.8 Å². The van der Waals surface area contributed by atoms with Gasteiger partial charge in [0.15, 0.2) is 0 Å². The lowest BCUT2D eigenvalue weighted by atomic mass is 10.6. The van der Waals surface area contributed by atoms with Crippen molar-refractivity contribution in [2.45, 2.75) is 60.8 Å². The fourth-order valence-electron chi connectivity index (χ4n) is 0. The van der Waals surface area contributed by atoms with Gasteiger partial charge < -0.3 is 5.73 Å². The van der Waals surface area contributed by atoms with E-state index in [1.807, 2.05) is 0 Å². The van der Waals surface area contributed by atoms with Gasteiger partial charge in [-0.05, 0) is 7.05 Å². The zero-order valence-corrected chi connectivity index (χ0v) is 9.70. The van der Waals surface area contributed by atoms with Gasteiger partial charge >= 0.3 is 0 Å². The highest BCUT2D eigenvalue weighted by atomic mass is 14.4. The highest BCUT2D eigenvalue weighted by Crippen LogP contribution is 1.56. The van der Waals surface area contributed by atoms with E-state index in [2.05, 4.69) is 47.3 Å². The molecule has 0 amide bonds. The molecule has 0 saturated heterocycles. The summed E-state index contributed by atoms with van der Waals surface area (Å²) in [7, 11) is 1.50. The molecule has 0 spiro atoms. The molecule has 0 radical (unpaired) electrons. The smallest absolute Gasteiger partial charge is 0.0195 e. The summed E-state index contributed by atoms with van der Waals surface area (Å²) in [6, 6.07) is 0. The van der Waals surface area contributed by atoms with Gasteiger partial charge in [-0.25, -0.2) is 0 Å². The molecule has 1 nitrogen and oxygen atoms in total. The summed E-state index contributed by atoms with van der Waals surface area (Å²) in [6.07, 6.45) is 3.75. The van der Waals surface area contributed by atoms with Crippen molar-refractivity contribution in [3.05, 3.63) is 0 Å². The van der Waals surface area contributed by atoms with Crippen molar-refractivity contribution >= 4 is 0 Å². The lowest BCUT2D eigenvalue weighted by Gasteiger charge is -1.48. The summed E-state index contributed by atoms with van der Waals surface area (Å²) in [4.78, 5) is 0. The van der Waals surface area contributed by atoms with Gasteiger partial charge in [0.25, 0.3) is 0 Å². The molecule has 0 heterocycles. The van der Waals surface area contributed by atoms with E-state index in [9.17, 15) is 0 Å². The SMILES string of the molecule is CCC.CCC.CCC.CN. The predicted molar refractivity (Wildman–Crippen MR) is 58.0 cm³/mol. The topological polar surface area (TPSA) is 26.0 Å². The Hall–Kier alpha value is -0.0400. The van der Waals surface area contributed by atoms with Crippen LogP contribution in [0.25, 0.3) is 0 Å². The average Bonchev–Trinajstić information content (AvgIpc) is 1.96. The van der Waals surface area contributed by atoms with E-state index < -0.39 is 0 Å². The van der Waals surface area contributed by atoms with Crippen LogP contribution >= 0.6 is 0 Å². The molecule has 0 atom stereocenters. The molecule has 0 aliphatic rings. The summed E-state index contributed by atoms with van der Waals surface area (Å²) in [5, 5.41) is 0. The van der Waals surface area contributed by atoms with Gasteiger partial charge in [0, 0.05) is 0 Å². The molecule has 0 bridgehead atoms. The second-order valence-corrected chi connectivity index (χ2v) is 2.12. The van der Waals surface area contributed by atoms with Crippen molar-refractivity contribution in [2.75, 3.05) is 7.05 Å². The zero-order valence-electron chi connectivity index (χ0n) is 9.70. The van der Waals surface area contributed by atoms with Crippen LogP contribution in [0.1, 0.15) is 60.8 Å². The van der Waals surface area contributed by atoms with Crippen LogP contribution in [-0.2, 0) is 0 Å². The Kier molecular flexibility index (Phi) is 186. The first kappa shape index (κ1) is 22.4. The molecule has 0 aliphatic carbocycles. The van der Waals surface area contributed by atoms with Crippen molar-refractivity contribution < 1.29 is 0 Å². The van der Waals surface area contributed by atoms with E-state index in [0.717, 1.165) is 0 Å². The van der Waals surface area contributed by atoms with Crippen LogP contribution in [0, 0.1) is 0 Å². The molecule has 0 aromatic rings. The summed E-state index contributed by atoms with van der Waals surface area (Å²) in [5.41, 5.74) is 4.50. The monoisotopic (exact) mass is 163 g/mol. The molecule has 0 rings (SSSR count). The molecule has 0 aromatic heterocycles. The van der Waals surface area contributed by atoms with E-state index in [-0.39, 0.29) is 0 Å². The maximum absolute atomic E-state index is 4.50. The van der Waals surface area contributed by atoms with Crippen LogP contribution in [0.5, 0.6) is 0 Å². The first-order chi connectivity index (χ1) is 5.24. The third-order valence-corrected chi connectivity index (χ3v) is 0. The first-order valence-electron chi connectivity index (χ1n) is 4.82. The second-order valence-electron chi connectivity index (χ2n) is 2.12. The van der Waals surface area contributed by atoms with E-state index in [1.165, 1.54) is 26.3 Å². The van der Waals surface area contributed by atoms with Crippen molar-refractivity contribution in [3.63, 3.8) is 0 Å². The number of nitrogens with two attached hydrogens (primary N) is 1. The van der Waals surface area contributed by atoms with Crippen LogP contribution in [0.4, 0.5) is 0 Å². The minimum Gasteiger partial charge on any atom is -0.333 e. The molecular formula is C10H29N. The highest BCUT2D eigenvalue weighted by Gasteiger charge is 1.36. The van der Waals surface area contributed by atoms with Crippen LogP contribution < -0.4 is 5.73 Å². The summed E-state index contributed by atoms with van der Waals surface area (Å²) < 4.78 is 0. The van der Waals surface area contributed by atoms with Crippen molar-refractivity contribution in [1.82, 2.24) is 0 Å². The number of hydrogen-bond acceptors (Lipinski definition) is 1. The maximum Gasteiger partial charge on any atom is -0.0195 e. The molecule has 11 heavy (non-hydrogen) atoms. The predicted octanol–water partition coefficient (Wildman–Crippen LogP) is 3.82. The number of hydrogen-bond donors (Lipinski definition) is 1. The largest absolute Gasteiger partial charge is 0.333 e. The molecule has 74 valence electrons. The normalized spacial score (nSPS) is 5.45. The molecule has 0 saturated carbocycles. The second kappa shape index (κ2) is 91.3. The van der Waals surface area contributed by atoms with Crippen molar-refractivity contribution in [3.8, 4) is 0 Å². The molecule has 0 aromatic carbocycles. The fraction of sp³-hybridized carbons (Fsp3) is 1.00. The minimum atomic E-state index is 1.25. The first-order valence-corrected chi connectivity index (χ1v) is 4.82. The van der Waals surface area contributed by atoms with Gasteiger partial charge in [0.1, 0.15) is 0 Å². The Labute approximate surface area is 74.4 Å². The molecule has 2 N–H and O–H groups in total. The molecule has 0 unspecified atom stereocenters. The van der Waals surface area contributed by atoms with Crippen molar-refractivity contribution in [1.29, 1.82) is 0 Å². The van der Waals surface area contributed by atoms with E-state index >= 15 is 0 Å². The standard InChI is InChI=1S/3C3H8.CH5N/c3*1-3-2;1-2/h3*3H2,1-2H3;2H2,1H3. The van der Waals surface area contributed by atoms with Gasteiger partial charge in [0.05, 0.1) is 0 Å². The van der Waals surface area contributed by atoms with Gasteiger partial charge in [-0.2, -0.15) is 0 Å². The quantitative estimate of drug-likeness (QED) is 0.577. The Morgan fingerprint density at radius 3 is 0.545 bits per heavy atom. The van der Waals surface area contributed by atoms with Crippen LogP contribution in [0.3, 0.4) is 0 Å². The zero-order chi connectivity index (χ0) is 10.1. The third kappa shape index (κ3) is 394000. The van der Waals surface area contributed by atoms with Gasteiger partial charge in [-0.3, -0.25) is 0 Å². The molecule has 1 heteroatoms. The van der Waals surface area contributed by atoms with Crippen LogP contribution in [0.15, 0.2) is 0 Å². The number of rotatable bonds is 0. The average molecular weight is 163 g/mol. The lowest BCUT2D eigenvalue weighted by molar-refractivity contribution is 1.09. The molecule has 0 fully saturated rings. The van der Waals surface area contributed by atoms with Crippen molar-refractivity contribution in [2.24, 2.45) is 5.73 Å². The van der Waals surface area contributed by atoms with Gasteiger partial charge in [-0.15, -0.1) is 0 Å².